The number of benzene rings is 1. The highest BCUT2D eigenvalue weighted by Crippen LogP contribution is 2.19. The lowest BCUT2D eigenvalue weighted by molar-refractivity contribution is -0.118. The maximum absolute atomic E-state index is 12.4. The number of hydrogen-bond donors (Lipinski definition) is 3. The van der Waals surface area contributed by atoms with Gasteiger partial charge in [0.1, 0.15) is 6.04 Å². The van der Waals surface area contributed by atoms with Crippen molar-refractivity contribution in [2.24, 2.45) is 7.05 Å². The van der Waals surface area contributed by atoms with Crippen molar-refractivity contribution in [2.75, 3.05) is 23.3 Å². The molecule has 1 aromatic heterocycles. The Balaban J connectivity index is 2.14. The van der Waals surface area contributed by atoms with E-state index in [4.69, 9.17) is 0 Å². The maximum atomic E-state index is 12.4. The van der Waals surface area contributed by atoms with Gasteiger partial charge in [-0.15, -0.1) is 0 Å². The van der Waals surface area contributed by atoms with Crippen LogP contribution in [-0.4, -0.2) is 37.4 Å². The maximum Gasteiger partial charge on any atom is 0.246 e. The highest BCUT2D eigenvalue weighted by molar-refractivity contribution is 7.92. The fraction of sp³-hybridized carbons (Fsp3) is 0.286. The van der Waals surface area contributed by atoms with Crippen LogP contribution in [0.5, 0.6) is 0 Å². The van der Waals surface area contributed by atoms with E-state index in [0.29, 0.717) is 11.4 Å². The van der Waals surface area contributed by atoms with Gasteiger partial charge in [0.2, 0.25) is 15.9 Å². The number of sulfonamides is 1. The van der Waals surface area contributed by atoms with Gasteiger partial charge in [-0.05, 0) is 25.2 Å². The van der Waals surface area contributed by atoms with Gasteiger partial charge < -0.3 is 10.6 Å². The smallest absolute Gasteiger partial charge is 0.246 e. The lowest BCUT2D eigenvalue weighted by atomic mass is 10.1. The molecule has 0 radical (unpaired) electrons. The van der Waals surface area contributed by atoms with Crippen LogP contribution in [0.3, 0.4) is 0 Å². The van der Waals surface area contributed by atoms with Gasteiger partial charge in [0, 0.05) is 24.5 Å². The first kappa shape index (κ1) is 17.0. The monoisotopic (exact) mass is 337 g/mol. The van der Waals surface area contributed by atoms with Gasteiger partial charge in [0.15, 0.2) is 0 Å². The van der Waals surface area contributed by atoms with E-state index in [9.17, 15) is 13.2 Å². The third kappa shape index (κ3) is 4.80. The molecule has 1 heterocycles. The summed E-state index contributed by atoms with van der Waals surface area (Å²) in [5, 5.41) is 9.73. The molecule has 0 bridgehead atoms. The van der Waals surface area contributed by atoms with E-state index in [1.54, 1.807) is 55.4 Å². The molecule has 8 nitrogen and oxygen atoms in total. The predicted molar refractivity (Wildman–Crippen MR) is 88.5 cm³/mol. The topological polar surface area (TPSA) is 105 Å². The molecule has 1 unspecified atom stereocenters. The summed E-state index contributed by atoms with van der Waals surface area (Å²) in [7, 11) is 0.0820. The summed E-state index contributed by atoms with van der Waals surface area (Å²) < 4.78 is 26.5. The highest BCUT2D eigenvalue weighted by Gasteiger charge is 2.20. The van der Waals surface area contributed by atoms with Crippen molar-refractivity contribution in [2.45, 2.75) is 6.04 Å². The van der Waals surface area contributed by atoms with Gasteiger partial charge in [-0.3, -0.25) is 14.2 Å². The van der Waals surface area contributed by atoms with Crippen molar-refractivity contribution in [3.63, 3.8) is 0 Å². The first-order valence-electron chi connectivity index (χ1n) is 6.83. The van der Waals surface area contributed by atoms with Crippen LogP contribution in [0.25, 0.3) is 0 Å². The van der Waals surface area contributed by atoms with Crippen LogP contribution in [0.4, 0.5) is 11.4 Å². The fourth-order valence-electron chi connectivity index (χ4n) is 2.13. The van der Waals surface area contributed by atoms with Gasteiger partial charge in [0.05, 0.1) is 18.1 Å². The minimum Gasteiger partial charge on any atom is -0.324 e. The Morgan fingerprint density at radius 2 is 2.00 bits per heavy atom. The normalized spacial score (nSPS) is 12.7. The zero-order chi connectivity index (χ0) is 17.0. The average Bonchev–Trinajstić information content (AvgIpc) is 2.84. The summed E-state index contributed by atoms with van der Waals surface area (Å²) >= 11 is 0. The number of carbonyl (C=O) groups excluding carboxylic acids is 1. The Labute approximate surface area is 134 Å². The molecule has 124 valence electrons. The SMILES string of the molecule is CNC(C(=O)Nc1cccc(NS(C)(=O)=O)c1)c1cnn(C)c1. The van der Waals surface area contributed by atoms with Crippen LogP contribution in [-0.2, 0) is 21.9 Å². The molecular weight excluding hydrogens is 318 g/mol. The van der Waals surface area contributed by atoms with Crippen molar-refractivity contribution in [3.8, 4) is 0 Å². The first-order valence-corrected chi connectivity index (χ1v) is 8.72. The van der Waals surface area contributed by atoms with E-state index < -0.39 is 16.1 Å². The van der Waals surface area contributed by atoms with Crippen LogP contribution in [0.1, 0.15) is 11.6 Å². The number of nitrogens with one attached hydrogen (secondary N) is 3. The van der Waals surface area contributed by atoms with Gasteiger partial charge >= 0.3 is 0 Å². The summed E-state index contributed by atoms with van der Waals surface area (Å²) in [6.07, 6.45) is 4.43. The minimum atomic E-state index is -3.37. The standard InChI is InChI=1S/C14H19N5O3S/c1-15-13(10-8-16-19(2)9-10)14(20)17-11-5-4-6-12(7-11)18-23(3,21)22/h4-9,13,15,18H,1-3H3,(H,17,20). The number of amides is 1. The summed E-state index contributed by atoms with van der Waals surface area (Å²) in [6.45, 7) is 0. The molecule has 0 fully saturated rings. The number of anilines is 2. The molecule has 23 heavy (non-hydrogen) atoms. The van der Waals surface area contributed by atoms with Crippen molar-refractivity contribution < 1.29 is 13.2 Å². The number of aromatic nitrogens is 2. The Kier molecular flexibility index (Phi) is 5.02. The van der Waals surface area contributed by atoms with Crippen LogP contribution >= 0.6 is 0 Å². The number of aryl methyl sites for hydroxylation is 1. The van der Waals surface area contributed by atoms with E-state index in [1.165, 1.54) is 0 Å². The van der Waals surface area contributed by atoms with Crippen molar-refractivity contribution in [1.82, 2.24) is 15.1 Å². The lowest BCUT2D eigenvalue weighted by Crippen LogP contribution is -2.30. The van der Waals surface area contributed by atoms with Gasteiger partial charge in [0.25, 0.3) is 0 Å². The summed E-state index contributed by atoms with van der Waals surface area (Å²) in [5.41, 5.74) is 1.61. The second-order valence-corrected chi connectivity index (χ2v) is 6.86. The molecule has 0 saturated heterocycles. The van der Waals surface area contributed by atoms with E-state index in [-0.39, 0.29) is 5.91 Å². The van der Waals surface area contributed by atoms with Crippen LogP contribution in [0, 0.1) is 0 Å². The number of nitrogens with zero attached hydrogens (tertiary/aromatic N) is 2. The molecule has 0 aliphatic carbocycles. The zero-order valence-electron chi connectivity index (χ0n) is 13.1. The molecule has 1 amide bonds. The molecule has 1 aromatic carbocycles. The molecular formula is C14H19N5O3S. The highest BCUT2D eigenvalue weighted by atomic mass is 32.2. The second-order valence-electron chi connectivity index (χ2n) is 5.11. The second kappa shape index (κ2) is 6.80. The quantitative estimate of drug-likeness (QED) is 0.719. The fourth-order valence-corrected chi connectivity index (χ4v) is 2.68. The van der Waals surface area contributed by atoms with Crippen LogP contribution in [0.15, 0.2) is 36.7 Å². The molecule has 9 heteroatoms. The van der Waals surface area contributed by atoms with Crippen LogP contribution < -0.4 is 15.4 Å². The average molecular weight is 337 g/mol. The van der Waals surface area contributed by atoms with Gasteiger partial charge in [-0.25, -0.2) is 8.42 Å². The Morgan fingerprint density at radius 1 is 1.30 bits per heavy atom. The molecule has 2 aromatic rings. The van der Waals surface area contributed by atoms with E-state index in [0.717, 1.165) is 11.8 Å². The molecule has 2 rings (SSSR count). The minimum absolute atomic E-state index is 0.267. The Hall–Kier alpha value is -2.39. The van der Waals surface area contributed by atoms with E-state index >= 15 is 0 Å². The third-order valence-electron chi connectivity index (χ3n) is 3.04. The number of carbonyl (C=O) groups is 1. The van der Waals surface area contributed by atoms with Crippen molar-refractivity contribution in [1.29, 1.82) is 0 Å². The molecule has 0 spiro atoms. The number of hydrogen-bond acceptors (Lipinski definition) is 5. The zero-order valence-corrected chi connectivity index (χ0v) is 13.9. The van der Waals surface area contributed by atoms with E-state index in [1.807, 2.05) is 0 Å². The molecule has 0 aliphatic heterocycles. The van der Waals surface area contributed by atoms with Crippen molar-refractivity contribution in [3.05, 3.63) is 42.2 Å². The predicted octanol–water partition coefficient (Wildman–Crippen LogP) is 0.691. The molecule has 1 atom stereocenters. The van der Waals surface area contributed by atoms with Crippen LogP contribution in [0.2, 0.25) is 0 Å². The number of rotatable bonds is 6. The molecule has 0 saturated carbocycles. The van der Waals surface area contributed by atoms with Crippen molar-refractivity contribution >= 4 is 27.3 Å². The molecule has 3 N–H and O–H groups in total. The lowest BCUT2D eigenvalue weighted by Gasteiger charge is -2.15. The third-order valence-corrected chi connectivity index (χ3v) is 3.65. The first-order chi connectivity index (χ1) is 10.8. The summed E-state index contributed by atoms with van der Waals surface area (Å²) in [5.74, 6) is -0.267. The summed E-state index contributed by atoms with van der Waals surface area (Å²) in [6, 6.07) is 5.93. The summed E-state index contributed by atoms with van der Waals surface area (Å²) in [4.78, 5) is 12.4. The number of likely N-dealkylation sites (N-methyl/N-ethyl adjacent to an activating group) is 1. The molecule has 0 aliphatic rings. The Bertz CT molecular complexity index is 800. The van der Waals surface area contributed by atoms with E-state index in [2.05, 4.69) is 20.5 Å². The van der Waals surface area contributed by atoms with Gasteiger partial charge in [-0.2, -0.15) is 5.10 Å². The Morgan fingerprint density at radius 3 is 2.57 bits per heavy atom. The van der Waals surface area contributed by atoms with Gasteiger partial charge in [-0.1, -0.05) is 6.07 Å². The largest absolute Gasteiger partial charge is 0.324 e.